The lowest BCUT2D eigenvalue weighted by Gasteiger charge is -2.25. The van der Waals surface area contributed by atoms with Crippen molar-refractivity contribution in [1.29, 1.82) is 0 Å². The Bertz CT molecular complexity index is 958. The number of carbonyl (C=O) groups is 1. The Balaban J connectivity index is 2.56. The average Bonchev–Trinajstić information content (AvgIpc) is 2.67. The molecule has 29 heavy (non-hydrogen) atoms. The summed E-state index contributed by atoms with van der Waals surface area (Å²) >= 11 is 0. The first-order chi connectivity index (χ1) is 13.7. The molecule has 0 unspecified atom stereocenters. The van der Waals surface area contributed by atoms with Gasteiger partial charge in [-0.2, -0.15) is 0 Å². The molecule has 0 saturated carbocycles. The van der Waals surface area contributed by atoms with E-state index in [0.29, 0.717) is 18.0 Å². The number of nitrogen functional groups attached to an aromatic ring is 1. The second-order valence-electron chi connectivity index (χ2n) is 7.72. The highest BCUT2D eigenvalue weighted by Gasteiger charge is 2.25. The molecular formula is C21H30N4O4. The Morgan fingerprint density at radius 2 is 1.79 bits per heavy atom. The molecule has 0 saturated heterocycles. The van der Waals surface area contributed by atoms with Crippen molar-refractivity contribution in [3.05, 3.63) is 56.2 Å². The number of nitrogens with two attached hydrogens (primary N) is 1. The molecule has 158 valence electrons. The summed E-state index contributed by atoms with van der Waals surface area (Å²) in [5.41, 5.74) is 6.39. The van der Waals surface area contributed by atoms with Crippen LogP contribution >= 0.6 is 0 Å². The summed E-state index contributed by atoms with van der Waals surface area (Å²) in [4.78, 5) is 41.6. The number of H-pyrrole nitrogens is 1. The quantitative estimate of drug-likeness (QED) is 0.703. The lowest BCUT2D eigenvalue weighted by atomic mass is 10.0. The third-order valence-electron chi connectivity index (χ3n) is 4.62. The van der Waals surface area contributed by atoms with Gasteiger partial charge in [0.1, 0.15) is 5.82 Å². The summed E-state index contributed by atoms with van der Waals surface area (Å²) in [7, 11) is 1.51. The molecule has 8 nitrogen and oxygen atoms in total. The smallest absolute Gasteiger partial charge is 0.330 e. The molecule has 0 atom stereocenters. The van der Waals surface area contributed by atoms with Gasteiger partial charge >= 0.3 is 5.69 Å². The summed E-state index contributed by atoms with van der Waals surface area (Å²) < 4.78 is 6.40. The third-order valence-corrected chi connectivity index (χ3v) is 4.62. The van der Waals surface area contributed by atoms with Crippen LogP contribution < -0.4 is 21.9 Å². The first kappa shape index (κ1) is 22.4. The number of hydrogen-bond acceptors (Lipinski definition) is 5. The molecule has 1 amide bonds. The fraction of sp³-hybridized carbons (Fsp3) is 0.476. The number of carbonyl (C=O) groups excluding carboxylic acids is 1. The van der Waals surface area contributed by atoms with Crippen LogP contribution in [0.3, 0.4) is 0 Å². The monoisotopic (exact) mass is 402 g/mol. The maximum Gasteiger partial charge on any atom is 0.330 e. The number of hydrogen-bond donors (Lipinski definition) is 2. The Labute approximate surface area is 170 Å². The standard InChI is InChI=1S/C21H30N4O4/c1-13(2)12-25-18(22)17(19(26)23-21(25)28)24(10-11-29-5)20(27)16-8-6-15(7-9-16)14(3)4/h6-9,13-14H,10-12,22H2,1-5H3,(H,23,26,28). The number of aromatic nitrogens is 2. The first-order valence-electron chi connectivity index (χ1n) is 9.70. The van der Waals surface area contributed by atoms with Gasteiger partial charge in [0.05, 0.1) is 6.61 Å². The molecule has 0 aliphatic heterocycles. The van der Waals surface area contributed by atoms with Crippen molar-refractivity contribution in [1.82, 2.24) is 9.55 Å². The zero-order valence-electron chi connectivity index (χ0n) is 17.7. The minimum atomic E-state index is -0.698. The van der Waals surface area contributed by atoms with Crippen molar-refractivity contribution in [2.45, 2.75) is 40.2 Å². The minimum Gasteiger partial charge on any atom is -0.383 e. The average molecular weight is 402 g/mol. The van der Waals surface area contributed by atoms with Gasteiger partial charge in [0.25, 0.3) is 11.5 Å². The van der Waals surface area contributed by atoms with Gasteiger partial charge in [-0.15, -0.1) is 0 Å². The van der Waals surface area contributed by atoms with Gasteiger partial charge in [0.15, 0.2) is 5.69 Å². The molecule has 2 rings (SSSR count). The van der Waals surface area contributed by atoms with Crippen LogP contribution in [0.1, 0.15) is 49.5 Å². The van der Waals surface area contributed by atoms with E-state index in [1.807, 2.05) is 26.0 Å². The number of rotatable bonds is 8. The van der Waals surface area contributed by atoms with Crippen LogP contribution in [-0.4, -0.2) is 35.7 Å². The molecule has 0 spiro atoms. The highest BCUT2D eigenvalue weighted by molar-refractivity contribution is 6.07. The van der Waals surface area contributed by atoms with Crippen molar-refractivity contribution < 1.29 is 9.53 Å². The number of benzene rings is 1. The molecule has 0 aliphatic carbocycles. The largest absolute Gasteiger partial charge is 0.383 e. The molecular weight excluding hydrogens is 372 g/mol. The van der Waals surface area contributed by atoms with E-state index >= 15 is 0 Å². The molecule has 0 bridgehead atoms. The summed E-state index contributed by atoms with van der Waals surface area (Å²) in [5, 5.41) is 0. The molecule has 2 aromatic rings. The molecule has 0 aliphatic rings. The normalized spacial score (nSPS) is 11.3. The molecule has 1 heterocycles. The number of nitrogens with one attached hydrogen (secondary N) is 1. The first-order valence-corrected chi connectivity index (χ1v) is 9.70. The maximum atomic E-state index is 13.2. The van der Waals surface area contributed by atoms with E-state index in [9.17, 15) is 14.4 Å². The van der Waals surface area contributed by atoms with Crippen LogP contribution in [0.2, 0.25) is 0 Å². The van der Waals surface area contributed by atoms with Gasteiger partial charge in [0, 0.05) is 25.8 Å². The Morgan fingerprint density at radius 1 is 1.17 bits per heavy atom. The molecule has 0 radical (unpaired) electrons. The van der Waals surface area contributed by atoms with Crippen LogP contribution in [0, 0.1) is 5.92 Å². The van der Waals surface area contributed by atoms with Crippen LogP contribution in [0.4, 0.5) is 11.5 Å². The molecule has 1 aromatic carbocycles. The van der Waals surface area contributed by atoms with E-state index in [2.05, 4.69) is 18.8 Å². The van der Waals surface area contributed by atoms with Gasteiger partial charge in [-0.3, -0.25) is 24.0 Å². The van der Waals surface area contributed by atoms with Gasteiger partial charge in [-0.05, 0) is 29.5 Å². The third kappa shape index (κ3) is 5.14. The fourth-order valence-corrected chi connectivity index (χ4v) is 3.05. The van der Waals surface area contributed by atoms with Crippen molar-refractivity contribution >= 4 is 17.4 Å². The van der Waals surface area contributed by atoms with Crippen LogP contribution in [0.15, 0.2) is 33.9 Å². The Kier molecular flexibility index (Phi) is 7.39. The number of anilines is 2. The number of aromatic amines is 1. The topological polar surface area (TPSA) is 110 Å². The predicted molar refractivity (Wildman–Crippen MR) is 115 cm³/mol. The van der Waals surface area contributed by atoms with E-state index in [1.54, 1.807) is 12.1 Å². The van der Waals surface area contributed by atoms with E-state index < -0.39 is 11.2 Å². The second kappa shape index (κ2) is 9.56. The fourth-order valence-electron chi connectivity index (χ4n) is 3.05. The SMILES string of the molecule is COCCN(C(=O)c1ccc(C(C)C)cc1)c1c(N)n(CC(C)C)c(=O)[nH]c1=O. The van der Waals surface area contributed by atoms with Gasteiger partial charge in [-0.1, -0.05) is 39.8 Å². The van der Waals surface area contributed by atoms with E-state index in [0.717, 1.165) is 5.56 Å². The minimum absolute atomic E-state index is 0.0318. The van der Waals surface area contributed by atoms with Gasteiger partial charge in [0.2, 0.25) is 0 Å². The second-order valence-corrected chi connectivity index (χ2v) is 7.72. The summed E-state index contributed by atoms with van der Waals surface area (Å²) in [6.45, 7) is 8.65. The molecule has 0 fully saturated rings. The van der Waals surface area contributed by atoms with Crippen molar-refractivity contribution in [2.75, 3.05) is 30.9 Å². The zero-order valence-corrected chi connectivity index (χ0v) is 17.7. The van der Waals surface area contributed by atoms with Crippen molar-refractivity contribution in [3.63, 3.8) is 0 Å². The summed E-state index contributed by atoms with van der Waals surface area (Å²) in [5.74, 6) is 0.0438. The lowest BCUT2D eigenvalue weighted by Crippen LogP contribution is -2.42. The Hall–Kier alpha value is -2.87. The van der Waals surface area contributed by atoms with E-state index in [1.165, 1.54) is 16.6 Å². The zero-order chi connectivity index (χ0) is 21.7. The van der Waals surface area contributed by atoms with Gasteiger partial charge < -0.3 is 10.5 Å². The predicted octanol–water partition coefficient (Wildman–Crippen LogP) is 2.19. The maximum absolute atomic E-state index is 13.2. The number of amides is 1. The number of ether oxygens (including phenoxy) is 1. The number of methoxy groups -OCH3 is 1. The summed E-state index contributed by atoms with van der Waals surface area (Å²) in [6.07, 6.45) is 0. The van der Waals surface area contributed by atoms with E-state index in [4.69, 9.17) is 10.5 Å². The van der Waals surface area contributed by atoms with Crippen LogP contribution in [0.5, 0.6) is 0 Å². The highest BCUT2D eigenvalue weighted by Crippen LogP contribution is 2.21. The van der Waals surface area contributed by atoms with Crippen molar-refractivity contribution in [3.8, 4) is 0 Å². The van der Waals surface area contributed by atoms with E-state index in [-0.39, 0.29) is 36.5 Å². The Morgan fingerprint density at radius 3 is 2.31 bits per heavy atom. The number of nitrogens with zero attached hydrogens (tertiary/aromatic N) is 2. The summed E-state index contributed by atoms with van der Waals surface area (Å²) in [6, 6.07) is 7.23. The van der Waals surface area contributed by atoms with Crippen molar-refractivity contribution in [2.24, 2.45) is 5.92 Å². The van der Waals surface area contributed by atoms with Crippen LogP contribution in [-0.2, 0) is 11.3 Å². The van der Waals surface area contributed by atoms with Crippen LogP contribution in [0.25, 0.3) is 0 Å². The van der Waals surface area contributed by atoms with Gasteiger partial charge in [-0.25, -0.2) is 4.79 Å². The highest BCUT2D eigenvalue weighted by atomic mass is 16.5. The molecule has 1 aromatic heterocycles. The molecule has 8 heteroatoms. The lowest BCUT2D eigenvalue weighted by molar-refractivity contribution is 0.0975. The molecule has 3 N–H and O–H groups in total.